The van der Waals surface area contributed by atoms with Crippen molar-refractivity contribution in [1.82, 2.24) is 5.32 Å². The molecule has 0 saturated heterocycles. The van der Waals surface area contributed by atoms with Crippen LogP contribution in [0.3, 0.4) is 0 Å². The molecule has 0 fully saturated rings. The van der Waals surface area contributed by atoms with Crippen LogP contribution in [0.25, 0.3) is 0 Å². The molecule has 0 aliphatic heterocycles. The predicted molar refractivity (Wildman–Crippen MR) is 89.7 cm³/mol. The van der Waals surface area contributed by atoms with Gasteiger partial charge in [0.15, 0.2) is 0 Å². The number of furan rings is 1. The minimum absolute atomic E-state index is 0.159. The number of benzene rings is 2. The predicted octanol–water partition coefficient (Wildman–Crippen LogP) is 4.78. The zero-order chi connectivity index (χ0) is 15.4. The van der Waals surface area contributed by atoms with E-state index in [2.05, 4.69) is 67.7 Å². The second-order valence-corrected chi connectivity index (χ2v) is 5.66. The van der Waals surface area contributed by atoms with Gasteiger partial charge in [-0.15, -0.1) is 0 Å². The van der Waals surface area contributed by atoms with E-state index >= 15 is 0 Å². The fourth-order valence-electron chi connectivity index (χ4n) is 2.74. The van der Waals surface area contributed by atoms with E-state index in [1.54, 1.807) is 6.26 Å². The third kappa shape index (κ3) is 3.29. The van der Waals surface area contributed by atoms with Gasteiger partial charge < -0.3 is 4.42 Å². The molecule has 22 heavy (non-hydrogen) atoms. The molecule has 3 rings (SSSR count). The van der Waals surface area contributed by atoms with Gasteiger partial charge in [0.25, 0.3) is 0 Å². The molecule has 0 amide bonds. The second-order valence-electron chi connectivity index (χ2n) is 5.66. The van der Waals surface area contributed by atoms with Gasteiger partial charge in [-0.2, -0.15) is 0 Å². The first-order chi connectivity index (χ1) is 10.7. The lowest BCUT2D eigenvalue weighted by atomic mass is 9.93. The van der Waals surface area contributed by atoms with Crippen molar-refractivity contribution in [3.63, 3.8) is 0 Å². The van der Waals surface area contributed by atoms with Crippen molar-refractivity contribution >= 4 is 0 Å². The fourth-order valence-corrected chi connectivity index (χ4v) is 2.74. The van der Waals surface area contributed by atoms with Crippen molar-refractivity contribution in [2.45, 2.75) is 26.4 Å². The number of hydrogen-bond donors (Lipinski definition) is 1. The summed E-state index contributed by atoms with van der Waals surface area (Å²) < 4.78 is 5.45. The van der Waals surface area contributed by atoms with Gasteiger partial charge in [-0.3, -0.25) is 5.32 Å². The van der Waals surface area contributed by atoms with E-state index in [1.165, 1.54) is 22.3 Å². The smallest absolute Gasteiger partial charge is 0.117 e. The standard InChI is InChI=1S/C20H21NO/c1-15-10-11-16(2)19(13-15)20(17-7-4-3-5-8-17)21-14-18-9-6-12-22-18/h3-13,20-21H,14H2,1-2H3. The Bertz CT molecular complexity index is 717. The van der Waals surface area contributed by atoms with Crippen LogP contribution < -0.4 is 5.32 Å². The maximum atomic E-state index is 5.45. The monoisotopic (exact) mass is 291 g/mol. The van der Waals surface area contributed by atoms with Crippen LogP contribution in [0.1, 0.15) is 34.1 Å². The van der Waals surface area contributed by atoms with Crippen LogP contribution in [-0.4, -0.2) is 0 Å². The Labute approximate surface area is 131 Å². The molecule has 0 radical (unpaired) electrons. The van der Waals surface area contributed by atoms with Crippen molar-refractivity contribution in [2.75, 3.05) is 0 Å². The molecule has 3 aromatic rings. The quantitative estimate of drug-likeness (QED) is 0.732. The van der Waals surface area contributed by atoms with Gasteiger partial charge in [0.1, 0.15) is 5.76 Å². The Hall–Kier alpha value is -2.32. The van der Waals surface area contributed by atoms with Crippen molar-refractivity contribution in [2.24, 2.45) is 0 Å². The summed E-state index contributed by atoms with van der Waals surface area (Å²) in [5, 5.41) is 3.63. The fraction of sp³-hybridized carbons (Fsp3) is 0.200. The van der Waals surface area contributed by atoms with Crippen LogP contribution in [0.2, 0.25) is 0 Å². The van der Waals surface area contributed by atoms with E-state index in [0.717, 1.165) is 5.76 Å². The highest BCUT2D eigenvalue weighted by Crippen LogP contribution is 2.26. The Balaban J connectivity index is 1.93. The summed E-state index contributed by atoms with van der Waals surface area (Å²) in [4.78, 5) is 0. The molecule has 1 atom stereocenters. The normalized spacial score (nSPS) is 12.3. The van der Waals surface area contributed by atoms with E-state index in [-0.39, 0.29) is 6.04 Å². The average molecular weight is 291 g/mol. The lowest BCUT2D eigenvalue weighted by molar-refractivity contribution is 0.468. The van der Waals surface area contributed by atoms with Gasteiger partial charge >= 0.3 is 0 Å². The van der Waals surface area contributed by atoms with Crippen LogP contribution in [0.15, 0.2) is 71.3 Å². The third-order valence-corrected chi connectivity index (χ3v) is 3.94. The summed E-state index contributed by atoms with van der Waals surface area (Å²) in [7, 11) is 0. The number of hydrogen-bond acceptors (Lipinski definition) is 2. The van der Waals surface area contributed by atoms with Gasteiger partial charge in [0.05, 0.1) is 18.8 Å². The minimum Gasteiger partial charge on any atom is -0.468 e. The van der Waals surface area contributed by atoms with Crippen molar-refractivity contribution < 1.29 is 4.42 Å². The summed E-state index contributed by atoms with van der Waals surface area (Å²) in [6.45, 7) is 5.01. The zero-order valence-electron chi connectivity index (χ0n) is 13.0. The van der Waals surface area contributed by atoms with Crippen molar-refractivity contribution in [3.8, 4) is 0 Å². The zero-order valence-corrected chi connectivity index (χ0v) is 13.0. The highest BCUT2D eigenvalue weighted by Gasteiger charge is 2.16. The molecule has 2 aromatic carbocycles. The average Bonchev–Trinajstić information content (AvgIpc) is 3.05. The molecule has 0 aliphatic rings. The second kappa shape index (κ2) is 6.63. The molecule has 1 heterocycles. The van der Waals surface area contributed by atoms with E-state index < -0.39 is 0 Å². The molecule has 2 nitrogen and oxygen atoms in total. The molecule has 1 aromatic heterocycles. The molecule has 0 spiro atoms. The van der Waals surface area contributed by atoms with Gasteiger partial charge in [-0.05, 0) is 42.7 Å². The maximum absolute atomic E-state index is 5.45. The van der Waals surface area contributed by atoms with Crippen molar-refractivity contribution in [1.29, 1.82) is 0 Å². The summed E-state index contributed by atoms with van der Waals surface area (Å²) in [6.07, 6.45) is 1.71. The van der Waals surface area contributed by atoms with Crippen LogP contribution in [0.5, 0.6) is 0 Å². The Morgan fingerprint density at radius 1 is 0.955 bits per heavy atom. The third-order valence-electron chi connectivity index (χ3n) is 3.94. The van der Waals surface area contributed by atoms with E-state index in [9.17, 15) is 0 Å². The molecule has 1 N–H and O–H groups in total. The summed E-state index contributed by atoms with van der Waals surface area (Å²) >= 11 is 0. The first kappa shape index (κ1) is 14.6. The Kier molecular flexibility index (Phi) is 4.40. The minimum atomic E-state index is 0.159. The molecule has 0 saturated carbocycles. The molecule has 112 valence electrons. The first-order valence-corrected chi connectivity index (χ1v) is 7.62. The summed E-state index contributed by atoms with van der Waals surface area (Å²) in [6, 6.07) is 21.3. The largest absolute Gasteiger partial charge is 0.468 e. The molecule has 0 bridgehead atoms. The number of rotatable bonds is 5. The van der Waals surface area contributed by atoms with Gasteiger partial charge in [-0.25, -0.2) is 0 Å². The molecular formula is C20H21NO. The lowest BCUT2D eigenvalue weighted by Crippen LogP contribution is -2.22. The van der Waals surface area contributed by atoms with Crippen LogP contribution in [0.4, 0.5) is 0 Å². The SMILES string of the molecule is Cc1ccc(C)c(C(NCc2ccco2)c2ccccc2)c1. The first-order valence-electron chi connectivity index (χ1n) is 7.62. The molecular weight excluding hydrogens is 270 g/mol. The van der Waals surface area contributed by atoms with E-state index in [1.807, 2.05) is 12.1 Å². The van der Waals surface area contributed by atoms with Crippen LogP contribution in [-0.2, 0) is 6.54 Å². The number of nitrogens with one attached hydrogen (secondary N) is 1. The van der Waals surface area contributed by atoms with E-state index in [4.69, 9.17) is 4.42 Å². The van der Waals surface area contributed by atoms with Crippen molar-refractivity contribution in [3.05, 3.63) is 94.9 Å². The Morgan fingerprint density at radius 2 is 1.77 bits per heavy atom. The maximum Gasteiger partial charge on any atom is 0.117 e. The summed E-state index contributed by atoms with van der Waals surface area (Å²) in [5.74, 6) is 0.950. The topological polar surface area (TPSA) is 25.2 Å². The number of aryl methyl sites for hydroxylation is 2. The Morgan fingerprint density at radius 3 is 2.50 bits per heavy atom. The van der Waals surface area contributed by atoms with Gasteiger partial charge in [0, 0.05) is 0 Å². The van der Waals surface area contributed by atoms with Gasteiger partial charge in [-0.1, -0.05) is 54.1 Å². The van der Waals surface area contributed by atoms with Crippen LogP contribution >= 0.6 is 0 Å². The molecule has 0 aliphatic carbocycles. The highest BCUT2D eigenvalue weighted by atomic mass is 16.3. The van der Waals surface area contributed by atoms with Gasteiger partial charge in [0.2, 0.25) is 0 Å². The highest BCUT2D eigenvalue weighted by molar-refractivity contribution is 5.39. The molecule has 1 unspecified atom stereocenters. The summed E-state index contributed by atoms with van der Waals surface area (Å²) in [5.41, 5.74) is 5.16. The lowest BCUT2D eigenvalue weighted by Gasteiger charge is -2.22. The van der Waals surface area contributed by atoms with E-state index in [0.29, 0.717) is 6.54 Å². The molecule has 2 heteroatoms. The van der Waals surface area contributed by atoms with Crippen LogP contribution in [0, 0.1) is 13.8 Å².